The van der Waals surface area contributed by atoms with Crippen molar-refractivity contribution in [1.82, 2.24) is 5.06 Å². The van der Waals surface area contributed by atoms with Gasteiger partial charge in [0.2, 0.25) is 0 Å². The van der Waals surface area contributed by atoms with Gasteiger partial charge in [-0.05, 0) is 15.4 Å². The largest absolute Gasteiger partial charge is 0.407 e. The van der Waals surface area contributed by atoms with E-state index in [1.54, 1.807) is 7.05 Å². The molecule has 0 aliphatic carbocycles. The van der Waals surface area contributed by atoms with E-state index < -0.39 is 8.32 Å². The van der Waals surface area contributed by atoms with Gasteiger partial charge in [0.15, 0.2) is 0 Å². The Morgan fingerprint density at radius 3 is 1.81 bits per heavy atom. The number of carbonyl (C=O) groups is 1. The molecule has 0 aromatic heterocycles. The molecule has 0 saturated heterocycles. The lowest BCUT2D eigenvalue weighted by atomic mass is 10.2. The summed E-state index contributed by atoms with van der Waals surface area (Å²) in [4.78, 5) is 17.5. The quantitative estimate of drug-likeness (QED) is 0.543. The summed E-state index contributed by atoms with van der Waals surface area (Å²) in [6.07, 6.45) is 0. The van der Waals surface area contributed by atoms with Crippen molar-refractivity contribution >= 4 is 24.6 Å². The maximum Gasteiger partial charge on any atom is 0.261 e. The first-order chi connectivity index (χ1) is 12.7. The number of nitrogens with zero attached hydrogens (tertiary/aromatic N) is 1. The van der Waals surface area contributed by atoms with Crippen LogP contribution in [0.3, 0.4) is 0 Å². The Balaban J connectivity index is 2.48. The SMILES string of the molecule is CON(C)C(=O)[C@@H](C)CO[Si](c1ccccc1)(c1ccccc1)C(C)(C)C. The molecule has 0 bridgehead atoms. The number of hydrogen-bond acceptors (Lipinski definition) is 3. The van der Waals surface area contributed by atoms with Gasteiger partial charge in [-0.2, -0.15) is 0 Å². The summed E-state index contributed by atoms with van der Waals surface area (Å²) in [6, 6.07) is 20.9. The van der Waals surface area contributed by atoms with Gasteiger partial charge in [-0.1, -0.05) is 88.4 Å². The van der Waals surface area contributed by atoms with Crippen LogP contribution in [0.5, 0.6) is 0 Å². The van der Waals surface area contributed by atoms with Crippen molar-refractivity contribution in [2.24, 2.45) is 5.92 Å². The van der Waals surface area contributed by atoms with Gasteiger partial charge in [-0.15, -0.1) is 0 Å². The molecule has 1 atom stereocenters. The van der Waals surface area contributed by atoms with Crippen molar-refractivity contribution < 1.29 is 14.1 Å². The predicted molar refractivity (Wildman–Crippen MR) is 113 cm³/mol. The lowest BCUT2D eigenvalue weighted by Gasteiger charge is -2.43. The monoisotopic (exact) mass is 385 g/mol. The molecule has 0 saturated carbocycles. The van der Waals surface area contributed by atoms with Gasteiger partial charge in [0.1, 0.15) is 0 Å². The molecule has 0 radical (unpaired) electrons. The van der Waals surface area contributed by atoms with Gasteiger partial charge >= 0.3 is 0 Å². The minimum atomic E-state index is -2.61. The predicted octanol–water partition coefficient (Wildman–Crippen LogP) is 3.22. The number of hydroxylamine groups is 2. The first-order valence-corrected chi connectivity index (χ1v) is 11.2. The minimum absolute atomic E-state index is 0.0876. The van der Waals surface area contributed by atoms with E-state index in [1.165, 1.54) is 22.5 Å². The molecule has 1 amide bonds. The first kappa shape index (κ1) is 21.3. The molecule has 0 aliphatic heterocycles. The molecule has 0 N–H and O–H groups in total. The summed E-state index contributed by atoms with van der Waals surface area (Å²) in [5.41, 5.74) is 0. The van der Waals surface area contributed by atoms with Crippen molar-refractivity contribution in [3.8, 4) is 0 Å². The highest BCUT2D eigenvalue weighted by molar-refractivity contribution is 6.99. The standard InChI is InChI=1S/C22H31NO3Si/c1-18(21(24)23(5)25-6)17-26-27(22(2,3)4,19-13-9-7-10-14-19)20-15-11-8-12-16-20/h7-16,18H,17H2,1-6H3/t18-/m0/s1. The van der Waals surface area contributed by atoms with E-state index in [9.17, 15) is 4.79 Å². The van der Waals surface area contributed by atoms with Gasteiger partial charge in [-0.3, -0.25) is 9.63 Å². The van der Waals surface area contributed by atoms with E-state index in [1.807, 2.05) is 19.1 Å². The summed E-state index contributed by atoms with van der Waals surface area (Å²) >= 11 is 0. The van der Waals surface area contributed by atoms with Crippen molar-refractivity contribution in [3.05, 3.63) is 60.7 Å². The molecule has 0 spiro atoms. The fourth-order valence-corrected chi connectivity index (χ4v) is 8.14. The van der Waals surface area contributed by atoms with E-state index in [-0.39, 0.29) is 16.9 Å². The Kier molecular flexibility index (Phi) is 6.98. The summed E-state index contributed by atoms with van der Waals surface area (Å²) in [5.74, 6) is -0.382. The zero-order chi connectivity index (χ0) is 20.1. The van der Waals surface area contributed by atoms with Gasteiger partial charge in [0, 0.05) is 13.7 Å². The van der Waals surface area contributed by atoms with E-state index >= 15 is 0 Å². The third-order valence-electron chi connectivity index (χ3n) is 4.97. The molecule has 27 heavy (non-hydrogen) atoms. The minimum Gasteiger partial charge on any atom is -0.407 e. The Morgan fingerprint density at radius 2 is 1.44 bits per heavy atom. The molecular formula is C22H31NO3Si. The average molecular weight is 386 g/mol. The Hall–Kier alpha value is -1.95. The topological polar surface area (TPSA) is 38.8 Å². The highest BCUT2D eigenvalue weighted by atomic mass is 28.4. The Bertz CT molecular complexity index is 689. The van der Waals surface area contributed by atoms with Crippen LogP contribution >= 0.6 is 0 Å². The Labute approximate surface area is 164 Å². The smallest absolute Gasteiger partial charge is 0.261 e. The van der Waals surface area contributed by atoms with Gasteiger partial charge < -0.3 is 4.43 Å². The van der Waals surface area contributed by atoms with E-state index in [0.717, 1.165) is 0 Å². The van der Waals surface area contributed by atoms with E-state index in [0.29, 0.717) is 6.61 Å². The molecule has 4 nitrogen and oxygen atoms in total. The maximum atomic E-state index is 12.4. The zero-order valence-electron chi connectivity index (χ0n) is 17.2. The molecule has 0 aliphatic rings. The number of hydrogen-bond donors (Lipinski definition) is 0. The van der Waals surface area contributed by atoms with Crippen molar-refractivity contribution in [3.63, 3.8) is 0 Å². The van der Waals surface area contributed by atoms with Crippen molar-refractivity contribution in [2.75, 3.05) is 20.8 Å². The summed E-state index contributed by atoms with van der Waals surface area (Å²) in [7, 11) is 0.506. The van der Waals surface area contributed by atoms with Crippen LogP contribution in [-0.2, 0) is 14.1 Å². The van der Waals surface area contributed by atoms with Crippen molar-refractivity contribution in [2.45, 2.75) is 32.7 Å². The third kappa shape index (κ3) is 4.49. The molecule has 0 unspecified atom stereocenters. The summed E-state index contributed by atoms with van der Waals surface area (Å²) in [5, 5.41) is 3.58. The van der Waals surface area contributed by atoms with Gasteiger partial charge in [0.25, 0.3) is 14.2 Å². The van der Waals surface area contributed by atoms with Crippen LogP contribution in [0.4, 0.5) is 0 Å². The second kappa shape index (κ2) is 8.82. The fourth-order valence-electron chi connectivity index (χ4n) is 3.48. The van der Waals surface area contributed by atoms with Gasteiger partial charge in [0.05, 0.1) is 13.0 Å². The highest BCUT2D eigenvalue weighted by Crippen LogP contribution is 2.37. The number of rotatable bonds is 7. The third-order valence-corrected chi connectivity index (χ3v) is 9.98. The molecule has 146 valence electrons. The first-order valence-electron chi connectivity index (χ1n) is 9.30. The fraction of sp³-hybridized carbons (Fsp3) is 0.409. The molecular weight excluding hydrogens is 354 g/mol. The molecule has 2 aromatic carbocycles. The lowest BCUT2D eigenvalue weighted by molar-refractivity contribution is -0.173. The van der Waals surface area contributed by atoms with Crippen LogP contribution in [0, 0.1) is 5.92 Å². The molecule has 0 heterocycles. The highest BCUT2D eigenvalue weighted by Gasteiger charge is 2.50. The van der Waals surface area contributed by atoms with E-state index in [2.05, 4.69) is 69.3 Å². The van der Waals surface area contributed by atoms with Crippen molar-refractivity contribution in [1.29, 1.82) is 0 Å². The van der Waals surface area contributed by atoms with Crippen LogP contribution < -0.4 is 10.4 Å². The van der Waals surface area contributed by atoms with E-state index in [4.69, 9.17) is 9.26 Å². The molecule has 0 fully saturated rings. The second-order valence-electron chi connectivity index (χ2n) is 7.89. The number of carbonyl (C=O) groups excluding carboxylic acids is 1. The molecule has 5 heteroatoms. The number of benzene rings is 2. The van der Waals surface area contributed by atoms with Crippen LogP contribution in [0.25, 0.3) is 0 Å². The maximum absolute atomic E-state index is 12.4. The average Bonchev–Trinajstić information content (AvgIpc) is 2.67. The molecule has 2 aromatic rings. The zero-order valence-corrected chi connectivity index (χ0v) is 18.2. The number of amides is 1. The van der Waals surface area contributed by atoms with Crippen LogP contribution in [0.15, 0.2) is 60.7 Å². The molecule has 2 rings (SSSR count). The van der Waals surface area contributed by atoms with Crippen LogP contribution in [0.2, 0.25) is 5.04 Å². The van der Waals surface area contributed by atoms with Crippen LogP contribution in [0.1, 0.15) is 27.7 Å². The Morgan fingerprint density at radius 1 is 1.00 bits per heavy atom. The lowest BCUT2D eigenvalue weighted by Crippen LogP contribution is -2.67. The van der Waals surface area contributed by atoms with Crippen LogP contribution in [-0.4, -0.2) is 40.1 Å². The summed E-state index contributed by atoms with van der Waals surface area (Å²) in [6.45, 7) is 8.92. The normalized spacial score (nSPS) is 13.3. The second-order valence-corrected chi connectivity index (χ2v) is 12.2. The summed E-state index contributed by atoms with van der Waals surface area (Å²) < 4.78 is 6.78. The van der Waals surface area contributed by atoms with Gasteiger partial charge in [-0.25, -0.2) is 5.06 Å².